The highest BCUT2D eigenvalue weighted by atomic mass is 16.6. The van der Waals surface area contributed by atoms with Crippen LogP contribution in [0.25, 0.3) is 21.5 Å². The minimum Gasteiger partial charge on any atom is -0.458 e. The van der Waals surface area contributed by atoms with Crippen molar-refractivity contribution in [2.75, 3.05) is 0 Å². The number of cyclic esters (lactones) is 1. The number of esters is 2. The maximum Gasteiger partial charge on any atom is 0.318 e. The first-order valence-electron chi connectivity index (χ1n) is 11.5. The van der Waals surface area contributed by atoms with Crippen molar-refractivity contribution in [2.24, 2.45) is 5.92 Å². The van der Waals surface area contributed by atoms with E-state index in [9.17, 15) is 9.59 Å². The number of carbonyl (C=O) groups is 2. The van der Waals surface area contributed by atoms with Crippen LogP contribution in [0.1, 0.15) is 50.2 Å². The molecule has 2 aliphatic heterocycles. The summed E-state index contributed by atoms with van der Waals surface area (Å²) >= 11 is 0. The van der Waals surface area contributed by atoms with E-state index in [0.717, 1.165) is 47.6 Å². The van der Waals surface area contributed by atoms with Crippen molar-refractivity contribution in [2.45, 2.75) is 63.1 Å². The van der Waals surface area contributed by atoms with Crippen LogP contribution in [0, 0.1) is 5.92 Å². The number of rotatable bonds is 5. The second-order valence-electron chi connectivity index (χ2n) is 9.27. The van der Waals surface area contributed by atoms with Crippen LogP contribution in [0.15, 0.2) is 48.5 Å². The Bertz CT molecular complexity index is 1170. The number of unbranched alkanes of at least 4 members (excludes halogenated alkanes) is 3. The average molecular weight is 415 g/mol. The van der Waals surface area contributed by atoms with Gasteiger partial charge in [0.15, 0.2) is 6.10 Å². The molecule has 31 heavy (non-hydrogen) atoms. The zero-order valence-electron chi connectivity index (χ0n) is 17.7. The van der Waals surface area contributed by atoms with Crippen molar-refractivity contribution in [3.05, 3.63) is 59.7 Å². The molecule has 0 saturated carbocycles. The first-order chi connectivity index (χ1) is 15.2. The van der Waals surface area contributed by atoms with Crippen LogP contribution < -0.4 is 0 Å². The van der Waals surface area contributed by atoms with Crippen LogP contribution in [-0.4, -0.2) is 24.1 Å². The monoisotopic (exact) mass is 414 g/mol. The summed E-state index contributed by atoms with van der Waals surface area (Å²) in [5, 5.41) is 4.44. The number of hydrogen-bond donors (Lipinski definition) is 0. The molecule has 3 aromatic carbocycles. The zero-order valence-corrected chi connectivity index (χ0v) is 17.7. The van der Waals surface area contributed by atoms with Gasteiger partial charge in [0, 0.05) is 0 Å². The molecule has 0 amide bonds. The first-order valence-corrected chi connectivity index (χ1v) is 11.5. The van der Waals surface area contributed by atoms with Gasteiger partial charge in [-0.05, 0) is 51.9 Å². The van der Waals surface area contributed by atoms with Gasteiger partial charge < -0.3 is 9.47 Å². The molecule has 3 aromatic rings. The Labute approximate surface area is 181 Å². The maximum absolute atomic E-state index is 13.6. The SMILES string of the molecule is CCCCCC[C@H]1OC(=O)[C@H]2[C@@H]1OC(=O)[C@]21Cc2c3ccccc3c1c1ccccc21. The van der Waals surface area contributed by atoms with E-state index in [-0.39, 0.29) is 18.0 Å². The number of ether oxygens (including phenoxy) is 2. The van der Waals surface area contributed by atoms with Gasteiger partial charge in [0.2, 0.25) is 0 Å². The molecule has 2 heterocycles. The Morgan fingerprint density at radius 3 is 2.16 bits per heavy atom. The van der Waals surface area contributed by atoms with Gasteiger partial charge in [-0.15, -0.1) is 0 Å². The predicted octanol–water partition coefficient (Wildman–Crippen LogP) is 5.22. The van der Waals surface area contributed by atoms with Crippen molar-refractivity contribution < 1.29 is 19.1 Å². The molecule has 0 N–H and O–H groups in total. The van der Waals surface area contributed by atoms with Gasteiger partial charge in [-0.2, -0.15) is 0 Å². The van der Waals surface area contributed by atoms with Crippen molar-refractivity contribution in [3.8, 4) is 0 Å². The normalized spacial score (nSPS) is 28.5. The third kappa shape index (κ3) is 2.42. The molecular formula is C27H26O4. The van der Waals surface area contributed by atoms with Gasteiger partial charge in [-0.3, -0.25) is 9.59 Å². The lowest BCUT2D eigenvalue weighted by Gasteiger charge is -2.38. The van der Waals surface area contributed by atoms with Gasteiger partial charge in [-0.1, -0.05) is 74.7 Å². The van der Waals surface area contributed by atoms with E-state index in [1.54, 1.807) is 0 Å². The third-order valence-electron chi connectivity index (χ3n) is 7.64. The van der Waals surface area contributed by atoms with E-state index in [1.165, 1.54) is 17.2 Å². The number of hydrogen-bond acceptors (Lipinski definition) is 4. The van der Waals surface area contributed by atoms with Gasteiger partial charge in [0.25, 0.3) is 0 Å². The van der Waals surface area contributed by atoms with E-state index in [1.807, 2.05) is 24.3 Å². The molecule has 4 heteroatoms. The van der Waals surface area contributed by atoms with Crippen LogP contribution in [0.4, 0.5) is 0 Å². The summed E-state index contributed by atoms with van der Waals surface area (Å²) in [4.78, 5) is 26.8. The minimum absolute atomic E-state index is 0.255. The second-order valence-corrected chi connectivity index (χ2v) is 9.27. The summed E-state index contributed by atoms with van der Waals surface area (Å²) < 4.78 is 11.8. The van der Waals surface area contributed by atoms with E-state index >= 15 is 0 Å². The Kier molecular flexibility index (Phi) is 4.14. The molecule has 4 nitrogen and oxygen atoms in total. The minimum atomic E-state index is -0.974. The molecule has 2 fully saturated rings. The fourth-order valence-corrected chi connectivity index (χ4v) is 6.31. The summed E-state index contributed by atoms with van der Waals surface area (Å²) in [5.41, 5.74) is 1.12. The number of carbonyl (C=O) groups excluding carboxylic acids is 2. The molecule has 7 rings (SSSR count). The van der Waals surface area contributed by atoms with E-state index in [4.69, 9.17) is 9.47 Å². The highest BCUT2D eigenvalue weighted by molar-refractivity contribution is 6.14. The Morgan fingerprint density at radius 2 is 1.52 bits per heavy atom. The number of fused-ring (bicyclic) bond motifs is 1. The molecule has 2 aliphatic carbocycles. The highest BCUT2D eigenvalue weighted by Gasteiger charge is 2.69. The van der Waals surface area contributed by atoms with E-state index < -0.39 is 17.4 Å². The van der Waals surface area contributed by atoms with Crippen molar-refractivity contribution in [1.29, 1.82) is 0 Å². The predicted molar refractivity (Wildman–Crippen MR) is 119 cm³/mol. The Hall–Kier alpha value is -2.88. The fraction of sp³-hybridized carbons (Fsp3) is 0.407. The maximum atomic E-state index is 13.6. The van der Waals surface area contributed by atoms with Gasteiger partial charge in [0.1, 0.15) is 17.4 Å². The van der Waals surface area contributed by atoms with Crippen LogP contribution in [0.5, 0.6) is 0 Å². The van der Waals surface area contributed by atoms with Gasteiger partial charge in [-0.25, -0.2) is 0 Å². The van der Waals surface area contributed by atoms with Crippen LogP contribution in [-0.2, 0) is 30.9 Å². The lowest BCUT2D eigenvalue weighted by molar-refractivity contribution is -0.157. The standard InChI is InChI=1S/C27H26O4/c1-2-3-4-5-14-21-24-23(25(28)30-21)27(26(29)31-24)15-20-16-10-6-8-12-18(16)22(27)19-13-9-7-11-17(19)20/h6-13,21,23-24H,2-5,14-15H2,1H3/t21-,23-,24-,27+/m1/s1. The summed E-state index contributed by atoms with van der Waals surface area (Å²) in [6.45, 7) is 2.18. The van der Waals surface area contributed by atoms with Crippen LogP contribution in [0.2, 0.25) is 0 Å². The molecule has 0 unspecified atom stereocenters. The molecule has 2 bridgehead atoms. The smallest absolute Gasteiger partial charge is 0.318 e. The quantitative estimate of drug-likeness (QED) is 0.326. The zero-order chi connectivity index (χ0) is 21.2. The van der Waals surface area contributed by atoms with Crippen molar-refractivity contribution >= 4 is 33.5 Å². The second kappa shape index (κ2) is 6.81. The molecule has 0 radical (unpaired) electrons. The van der Waals surface area contributed by atoms with Gasteiger partial charge >= 0.3 is 11.9 Å². The lowest BCUT2D eigenvalue weighted by atomic mass is 9.59. The Balaban J connectivity index is 1.50. The third-order valence-corrected chi connectivity index (χ3v) is 7.64. The largest absolute Gasteiger partial charge is 0.458 e. The molecule has 4 atom stereocenters. The topological polar surface area (TPSA) is 52.6 Å². The molecule has 4 aliphatic rings. The fourth-order valence-electron chi connectivity index (χ4n) is 6.31. The van der Waals surface area contributed by atoms with Gasteiger partial charge in [0.05, 0.1) is 0 Å². The summed E-state index contributed by atoms with van der Waals surface area (Å²) in [6, 6.07) is 16.5. The van der Waals surface area contributed by atoms with E-state index in [0.29, 0.717) is 6.42 Å². The molecular weight excluding hydrogens is 388 g/mol. The first kappa shape index (κ1) is 18.9. The van der Waals surface area contributed by atoms with Crippen LogP contribution in [0.3, 0.4) is 0 Å². The highest BCUT2D eigenvalue weighted by Crippen LogP contribution is 2.58. The van der Waals surface area contributed by atoms with Crippen molar-refractivity contribution in [1.82, 2.24) is 0 Å². The molecule has 1 spiro atoms. The van der Waals surface area contributed by atoms with E-state index in [2.05, 4.69) is 31.2 Å². The summed E-state index contributed by atoms with van der Waals surface area (Å²) in [7, 11) is 0. The summed E-state index contributed by atoms with van der Waals surface area (Å²) in [5.74, 6) is -1.09. The molecule has 158 valence electrons. The van der Waals surface area contributed by atoms with Crippen molar-refractivity contribution in [3.63, 3.8) is 0 Å². The average Bonchev–Trinajstić information content (AvgIpc) is 3.26. The van der Waals surface area contributed by atoms with Crippen LogP contribution >= 0.6 is 0 Å². The number of benzene rings is 3. The lowest BCUT2D eigenvalue weighted by Crippen LogP contribution is -2.46. The Morgan fingerprint density at radius 1 is 0.871 bits per heavy atom. The molecule has 0 aromatic heterocycles. The summed E-state index contributed by atoms with van der Waals surface area (Å²) in [6.07, 6.45) is 4.88. The molecule has 2 saturated heterocycles.